The van der Waals surface area contributed by atoms with E-state index in [1.165, 1.54) is 5.69 Å². The third-order valence-electron chi connectivity index (χ3n) is 5.19. The quantitative estimate of drug-likeness (QED) is 0.590. The molecule has 5 nitrogen and oxygen atoms in total. The van der Waals surface area contributed by atoms with Gasteiger partial charge in [0.2, 0.25) is 0 Å². The van der Waals surface area contributed by atoms with E-state index in [1.807, 2.05) is 43.5 Å². The van der Waals surface area contributed by atoms with E-state index in [0.29, 0.717) is 10.8 Å². The SMILES string of the molecule is Cc1c(/C=C/CN2CCN(c3cccc(Cl)c3)CC2)cnn1-c1ncccc1Cl. The summed E-state index contributed by atoms with van der Waals surface area (Å²) in [6.45, 7) is 7.00. The number of nitrogens with zero attached hydrogens (tertiary/aromatic N) is 5. The molecule has 1 aromatic carbocycles. The lowest BCUT2D eigenvalue weighted by Crippen LogP contribution is -2.46. The van der Waals surface area contributed by atoms with E-state index in [9.17, 15) is 0 Å². The Balaban J connectivity index is 1.34. The number of halogens is 2. The molecule has 0 aliphatic carbocycles. The van der Waals surface area contributed by atoms with Crippen molar-refractivity contribution in [3.8, 4) is 5.82 Å². The number of benzene rings is 1. The minimum absolute atomic E-state index is 0.590. The molecule has 150 valence electrons. The largest absolute Gasteiger partial charge is 0.369 e. The van der Waals surface area contributed by atoms with Crippen LogP contribution in [-0.2, 0) is 0 Å². The highest BCUT2D eigenvalue weighted by Gasteiger charge is 2.16. The molecule has 1 aliphatic heterocycles. The number of rotatable bonds is 5. The van der Waals surface area contributed by atoms with Gasteiger partial charge in [-0.3, -0.25) is 4.90 Å². The normalized spacial score (nSPS) is 15.3. The zero-order valence-electron chi connectivity index (χ0n) is 16.3. The minimum atomic E-state index is 0.590. The fourth-order valence-electron chi connectivity index (χ4n) is 3.52. The van der Waals surface area contributed by atoms with Gasteiger partial charge >= 0.3 is 0 Å². The Hall–Kier alpha value is -2.34. The van der Waals surface area contributed by atoms with Crippen molar-refractivity contribution in [1.29, 1.82) is 0 Å². The molecule has 1 saturated heterocycles. The average molecular weight is 428 g/mol. The predicted octanol–water partition coefficient (Wildman–Crippen LogP) is 4.72. The summed E-state index contributed by atoms with van der Waals surface area (Å²) in [6.07, 6.45) is 7.90. The summed E-state index contributed by atoms with van der Waals surface area (Å²) in [5, 5.41) is 5.83. The maximum atomic E-state index is 6.25. The maximum absolute atomic E-state index is 6.25. The van der Waals surface area contributed by atoms with E-state index >= 15 is 0 Å². The van der Waals surface area contributed by atoms with Crippen LogP contribution in [0.1, 0.15) is 11.3 Å². The van der Waals surface area contributed by atoms with Gasteiger partial charge in [0.05, 0.1) is 16.9 Å². The summed E-state index contributed by atoms with van der Waals surface area (Å²) in [4.78, 5) is 9.17. The van der Waals surface area contributed by atoms with Gasteiger partial charge in [-0.2, -0.15) is 5.10 Å². The zero-order valence-corrected chi connectivity index (χ0v) is 17.8. The van der Waals surface area contributed by atoms with Crippen molar-refractivity contribution in [1.82, 2.24) is 19.7 Å². The van der Waals surface area contributed by atoms with Crippen LogP contribution < -0.4 is 4.90 Å². The molecule has 0 amide bonds. The van der Waals surface area contributed by atoms with E-state index in [4.69, 9.17) is 23.2 Å². The highest BCUT2D eigenvalue weighted by molar-refractivity contribution is 6.32. The van der Waals surface area contributed by atoms with Gasteiger partial charge in [0.15, 0.2) is 5.82 Å². The molecule has 4 rings (SSSR count). The van der Waals surface area contributed by atoms with Crippen LogP contribution >= 0.6 is 23.2 Å². The van der Waals surface area contributed by atoms with Gasteiger partial charge in [0.25, 0.3) is 0 Å². The number of aromatic nitrogens is 3. The van der Waals surface area contributed by atoms with Gasteiger partial charge in [-0.15, -0.1) is 0 Å². The second-order valence-electron chi connectivity index (χ2n) is 7.08. The van der Waals surface area contributed by atoms with Crippen molar-refractivity contribution in [2.75, 3.05) is 37.6 Å². The van der Waals surface area contributed by atoms with Crippen LogP contribution in [0.15, 0.2) is 54.9 Å². The minimum Gasteiger partial charge on any atom is -0.369 e. The molecular formula is C22H23Cl2N5. The van der Waals surface area contributed by atoms with Gasteiger partial charge in [-0.25, -0.2) is 9.67 Å². The van der Waals surface area contributed by atoms with Gasteiger partial charge in [0, 0.05) is 55.2 Å². The van der Waals surface area contributed by atoms with Crippen molar-refractivity contribution >= 4 is 35.0 Å². The molecule has 0 saturated carbocycles. The topological polar surface area (TPSA) is 37.2 Å². The van der Waals surface area contributed by atoms with Crippen molar-refractivity contribution in [2.45, 2.75) is 6.92 Å². The maximum Gasteiger partial charge on any atom is 0.172 e. The van der Waals surface area contributed by atoms with Crippen molar-refractivity contribution in [3.05, 3.63) is 76.2 Å². The number of hydrogen-bond acceptors (Lipinski definition) is 4. The lowest BCUT2D eigenvalue weighted by molar-refractivity contribution is 0.284. The fraction of sp³-hybridized carbons (Fsp3) is 0.273. The predicted molar refractivity (Wildman–Crippen MR) is 120 cm³/mol. The van der Waals surface area contributed by atoms with E-state index < -0.39 is 0 Å². The van der Waals surface area contributed by atoms with E-state index in [-0.39, 0.29) is 0 Å². The highest BCUT2D eigenvalue weighted by Crippen LogP contribution is 2.22. The summed E-state index contributed by atoms with van der Waals surface area (Å²) in [6, 6.07) is 11.7. The molecule has 1 fully saturated rings. The Kier molecular flexibility index (Phi) is 6.19. The first kappa shape index (κ1) is 20.0. The number of hydrogen-bond donors (Lipinski definition) is 0. The molecule has 0 atom stereocenters. The fourth-order valence-corrected chi connectivity index (χ4v) is 3.91. The Morgan fingerprint density at radius 2 is 1.90 bits per heavy atom. The summed E-state index contributed by atoms with van der Waals surface area (Å²) >= 11 is 12.4. The Labute approximate surface area is 181 Å². The van der Waals surface area contributed by atoms with E-state index in [2.05, 4.69) is 38.1 Å². The second-order valence-corrected chi connectivity index (χ2v) is 7.92. The molecule has 0 bridgehead atoms. The Morgan fingerprint density at radius 3 is 2.66 bits per heavy atom. The average Bonchev–Trinajstić information content (AvgIpc) is 3.09. The summed E-state index contributed by atoms with van der Waals surface area (Å²) in [5.74, 6) is 0.656. The molecule has 7 heteroatoms. The van der Waals surface area contributed by atoms with Crippen LogP contribution in [-0.4, -0.2) is 52.4 Å². The lowest BCUT2D eigenvalue weighted by atomic mass is 10.2. The van der Waals surface area contributed by atoms with Crippen LogP contribution in [0.25, 0.3) is 11.9 Å². The Morgan fingerprint density at radius 1 is 1.07 bits per heavy atom. The first-order valence-corrected chi connectivity index (χ1v) is 10.4. The van der Waals surface area contributed by atoms with Crippen molar-refractivity contribution < 1.29 is 0 Å². The molecule has 0 radical (unpaired) electrons. The summed E-state index contributed by atoms with van der Waals surface area (Å²) in [5.41, 5.74) is 3.29. The van der Waals surface area contributed by atoms with Crippen molar-refractivity contribution in [3.63, 3.8) is 0 Å². The van der Waals surface area contributed by atoms with Gasteiger partial charge in [-0.05, 0) is 37.3 Å². The van der Waals surface area contributed by atoms with Gasteiger partial charge in [0.1, 0.15) is 0 Å². The molecular weight excluding hydrogens is 405 g/mol. The highest BCUT2D eigenvalue weighted by atomic mass is 35.5. The molecule has 3 aromatic rings. The van der Waals surface area contributed by atoms with Crippen LogP contribution in [0.2, 0.25) is 10.0 Å². The third-order valence-corrected chi connectivity index (χ3v) is 5.72. The van der Waals surface area contributed by atoms with Crippen LogP contribution in [0.4, 0.5) is 5.69 Å². The second kappa shape index (κ2) is 8.99. The number of anilines is 1. The molecule has 0 spiro atoms. The molecule has 1 aliphatic rings. The molecule has 2 aromatic heterocycles. The van der Waals surface area contributed by atoms with Crippen LogP contribution in [0.5, 0.6) is 0 Å². The third kappa shape index (κ3) is 4.64. The van der Waals surface area contributed by atoms with Gasteiger partial charge < -0.3 is 4.90 Å². The standard InChI is InChI=1S/C22H23Cl2N5/c1-17-18(16-26-29(17)22-21(24)8-3-9-25-22)5-4-10-27-11-13-28(14-12-27)20-7-2-6-19(23)15-20/h2-9,15-16H,10-14H2,1H3/b5-4+. The van der Waals surface area contributed by atoms with E-state index in [1.54, 1.807) is 10.9 Å². The number of pyridine rings is 1. The monoisotopic (exact) mass is 427 g/mol. The van der Waals surface area contributed by atoms with Gasteiger partial charge in [-0.1, -0.05) is 41.4 Å². The first-order valence-electron chi connectivity index (χ1n) is 9.67. The van der Waals surface area contributed by atoms with E-state index in [0.717, 1.165) is 49.0 Å². The lowest BCUT2D eigenvalue weighted by Gasteiger charge is -2.35. The first-order chi connectivity index (χ1) is 14.1. The Bertz CT molecular complexity index is 1010. The summed E-state index contributed by atoms with van der Waals surface area (Å²) < 4.78 is 1.78. The zero-order chi connectivity index (χ0) is 20.2. The number of piperazine rings is 1. The van der Waals surface area contributed by atoms with Crippen molar-refractivity contribution in [2.24, 2.45) is 0 Å². The smallest absolute Gasteiger partial charge is 0.172 e. The molecule has 0 unspecified atom stereocenters. The van der Waals surface area contributed by atoms with Crippen LogP contribution in [0.3, 0.4) is 0 Å². The molecule has 29 heavy (non-hydrogen) atoms. The molecule has 3 heterocycles. The summed E-state index contributed by atoms with van der Waals surface area (Å²) in [7, 11) is 0. The van der Waals surface area contributed by atoms with Crippen LogP contribution in [0, 0.1) is 6.92 Å². The molecule has 0 N–H and O–H groups in total.